The fourth-order valence-corrected chi connectivity index (χ4v) is 6.13. The highest BCUT2D eigenvalue weighted by molar-refractivity contribution is 7.70. The Hall–Kier alpha value is -2.21. The molecule has 0 radical (unpaired) electrons. The van der Waals surface area contributed by atoms with Crippen LogP contribution in [0.15, 0.2) is 35.8 Å². The van der Waals surface area contributed by atoms with Gasteiger partial charge in [-0.25, -0.2) is 9.97 Å². The predicted molar refractivity (Wildman–Crippen MR) is 123 cm³/mol. The summed E-state index contributed by atoms with van der Waals surface area (Å²) in [4.78, 5) is 13.0. The fourth-order valence-electron chi connectivity index (χ4n) is 4.12. The van der Waals surface area contributed by atoms with Crippen molar-refractivity contribution in [3.05, 3.63) is 35.8 Å². The highest BCUT2D eigenvalue weighted by atomic mass is 32.1. The molecule has 0 saturated carbocycles. The number of H-pyrrole nitrogens is 1. The molecule has 3 aromatic heterocycles. The number of anilines is 1. The Kier molecular flexibility index (Phi) is 4.50. The van der Waals surface area contributed by atoms with Crippen molar-refractivity contribution in [1.29, 1.82) is 0 Å². The van der Waals surface area contributed by atoms with Gasteiger partial charge < -0.3 is 20.2 Å². The van der Waals surface area contributed by atoms with E-state index in [2.05, 4.69) is 34.0 Å². The number of fused-ring (bicyclic) bond motifs is 2. The Morgan fingerprint density at radius 3 is 2.86 bits per heavy atom. The molecule has 6 nitrogen and oxygen atoms in total. The van der Waals surface area contributed by atoms with Gasteiger partial charge in [-0.05, 0) is 44.2 Å². The minimum Gasteiger partial charge on any atom is -0.360 e. The maximum absolute atomic E-state index is 12.8. The van der Waals surface area contributed by atoms with Gasteiger partial charge >= 0.3 is 0 Å². The Labute approximate surface area is 173 Å². The van der Waals surface area contributed by atoms with Gasteiger partial charge in [-0.3, -0.25) is 0 Å². The average molecular weight is 425 g/mol. The van der Waals surface area contributed by atoms with Crippen molar-refractivity contribution in [3.63, 3.8) is 0 Å². The summed E-state index contributed by atoms with van der Waals surface area (Å²) in [6, 6.07) is 8.87. The molecule has 1 fully saturated rings. The molecule has 1 aliphatic heterocycles. The standard InChI is InChI=1S/C21H24N5OPS/c1-12-9-13(10-22-12)24-21-25-16-7-8-29-20(16)19(26-21)15-11-23-18-14(15)5-4-6-17(18)28(2,3)27/h4-8,11-13,22-23H,9-10H2,1-3H3,(H,24,25,26)/t12-,13+/m1/s1. The molecule has 1 aromatic carbocycles. The van der Waals surface area contributed by atoms with Crippen LogP contribution in [0, 0.1) is 0 Å². The van der Waals surface area contributed by atoms with Crippen LogP contribution in [0.3, 0.4) is 0 Å². The SMILES string of the molecule is C[C@@H]1C[C@H](Nc2nc(-c3c[nH]c4c(P(C)(C)=O)cccc34)c3sccc3n2)CN1. The summed E-state index contributed by atoms with van der Waals surface area (Å²) in [5.74, 6) is 0.661. The topological polar surface area (TPSA) is 82.7 Å². The number of para-hydroxylation sites is 1. The number of rotatable bonds is 4. The molecule has 8 heteroatoms. The molecule has 0 aliphatic carbocycles. The number of aromatic nitrogens is 3. The van der Waals surface area contributed by atoms with E-state index in [0.717, 1.165) is 50.6 Å². The van der Waals surface area contributed by atoms with Crippen molar-refractivity contribution in [3.8, 4) is 11.3 Å². The van der Waals surface area contributed by atoms with E-state index in [4.69, 9.17) is 9.97 Å². The first-order valence-corrected chi connectivity index (χ1v) is 13.3. The quantitative estimate of drug-likeness (QED) is 0.426. The zero-order valence-electron chi connectivity index (χ0n) is 16.7. The molecule has 2 atom stereocenters. The molecule has 0 spiro atoms. The van der Waals surface area contributed by atoms with E-state index < -0.39 is 7.14 Å². The molecular formula is C21H24N5OPS. The summed E-state index contributed by atoms with van der Waals surface area (Å²) in [5.41, 5.74) is 3.81. The van der Waals surface area contributed by atoms with Gasteiger partial charge in [0.15, 0.2) is 0 Å². The van der Waals surface area contributed by atoms with Crippen molar-refractivity contribution in [2.24, 2.45) is 0 Å². The van der Waals surface area contributed by atoms with E-state index in [1.807, 2.05) is 37.7 Å². The van der Waals surface area contributed by atoms with Crippen molar-refractivity contribution in [2.75, 3.05) is 25.2 Å². The summed E-state index contributed by atoms with van der Waals surface area (Å²) >= 11 is 1.65. The molecule has 150 valence electrons. The second-order valence-corrected chi connectivity index (χ2v) is 12.3. The molecule has 5 rings (SSSR count). The van der Waals surface area contributed by atoms with Gasteiger partial charge in [0.05, 0.1) is 21.4 Å². The van der Waals surface area contributed by atoms with E-state index in [-0.39, 0.29) is 0 Å². The summed E-state index contributed by atoms with van der Waals surface area (Å²) in [7, 11) is -2.39. The van der Waals surface area contributed by atoms with Gasteiger partial charge in [0.1, 0.15) is 7.14 Å². The number of nitrogens with one attached hydrogen (secondary N) is 3. The van der Waals surface area contributed by atoms with Crippen LogP contribution in [0.25, 0.3) is 32.4 Å². The van der Waals surface area contributed by atoms with Gasteiger partial charge in [-0.2, -0.15) is 0 Å². The van der Waals surface area contributed by atoms with E-state index in [0.29, 0.717) is 18.0 Å². The number of hydrogen-bond acceptors (Lipinski definition) is 6. The highest BCUT2D eigenvalue weighted by Crippen LogP contribution is 2.40. The molecule has 3 N–H and O–H groups in total. The molecule has 4 aromatic rings. The molecule has 1 saturated heterocycles. The number of nitrogens with zero attached hydrogens (tertiary/aromatic N) is 2. The largest absolute Gasteiger partial charge is 0.360 e. The van der Waals surface area contributed by atoms with Crippen LogP contribution in [0.4, 0.5) is 5.95 Å². The third kappa shape index (κ3) is 3.37. The molecule has 4 heterocycles. The maximum atomic E-state index is 12.8. The average Bonchev–Trinajstić information content (AvgIpc) is 3.39. The monoisotopic (exact) mass is 425 g/mol. The van der Waals surface area contributed by atoms with E-state index in [9.17, 15) is 4.57 Å². The van der Waals surface area contributed by atoms with Crippen LogP contribution in [0.5, 0.6) is 0 Å². The van der Waals surface area contributed by atoms with Crippen LogP contribution >= 0.6 is 18.5 Å². The Balaban J connectivity index is 1.65. The first kappa shape index (κ1) is 18.8. The lowest BCUT2D eigenvalue weighted by Crippen LogP contribution is -2.23. The van der Waals surface area contributed by atoms with Gasteiger partial charge in [0, 0.05) is 41.1 Å². The Bertz CT molecular complexity index is 1260. The molecule has 0 amide bonds. The van der Waals surface area contributed by atoms with Crippen molar-refractivity contribution in [1.82, 2.24) is 20.3 Å². The van der Waals surface area contributed by atoms with Crippen LogP contribution < -0.4 is 15.9 Å². The fraction of sp³-hybridized carbons (Fsp3) is 0.333. The van der Waals surface area contributed by atoms with Crippen LogP contribution in [-0.2, 0) is 4.57 Å². The summed E-state index contributed by atoms with van der Waals surface area (Å²) in [6.45, 7) is 6.73. The summed E-state index contributed by atoms with van der Waals surface area (Å²) < 4.78 is 13.8. The van der Waals surface area contributed by atoms with Gasteiger partial charge in [0.2, 0.25) is 5.95 Å². The van der Waals surface area contributed by atoms with Crippen molar-refractivity contribution in [2.45, 2.75) is 25.4 Å². The molecule has 29 heavy (non-hydrogen) atoms. The van der Waals surface area contributed by atoms with Gasteiger partial charge in [-0.1, -0.05) is 12.1 Å². The summed E-state index contributed by atoms with van der Waals surface area (Å²) in [5, 5.41) is 10.9. The van der Waals surface area contributed by atoms with E-state index in [1.54, 1.807) is 11.3 Å². The second-order valence-electron chi connectivity index (χ2n) is 8.17. The number of benzene rings is 1. The molecule has 1 aliphatic rings. The number of hydrogen-bond donors (Lipinski definition) is 3. The Morgan fingerprint density at radius 1 is 1.24 bits per heavy atom. The van der Waals surface area contributed by atoms with Crippen LogP contribution in [-0.4, -0.2) is 46.9 Å². The Morgan fingerprint density at radius 2 is 2.10 bits per heavy atom. The van der Waals surface area contributed by atoms with Crippen molar-refractivity contribution < 1.29 is 4.57 Å². The lowest BCUT2D eigenvalue weighted by Gasteiger charge is -2.13. The normalized spacial score (nSPS) is 20.0. The number of thiophene rings is 1. The molecule has 0 unspecified atom stereocenters. The number of aromatic amines is 1. The zero-order valence-corrected chi connectivity index (χ0v) is 18.4. The summed E-state index contributed by atoms with van der Waals surface area (Å²) in [6.07, 6.45) is 3.04. The third-order valence-electron chi connectivity index (χ3n) is 5.52. The lowest BCUT2D eigenvalue weighted by atomic mass is 10.1. The minimum atomic E-state index is -2.39. The lowest BCUT2D eigenvalue weighted by molar-refractivity contribution is 0.588. The van der Waals surface area contributed by atoms with Gasteiger partial charge in [-0.15, -0.1) is 11.3 Å². The van der Waals surface area contributed by atoms with E-state index in [1.165, 1.54) is 0 Å². The molecule has 0 bridgehead atoms. The smallest absolute Gasteiger partial charge is 0.224 e. The minimum absolute atomic E-state index is 0.328. The zero-order chi connectivity index (χ0) is 20.2. The first-order valence-electron chi connectivity index (χ1n) is 9.81. The second kappa shape index (κ2) is 6.94. The first-order chi connectivity index (χ1) is 13.9. The predicted octanol–water partition coefficient (Wildman–Crippen LogP) is 4.25. The van der Waals surface area contributed by atoms with Crippen molar-refractivity contribution >= 4 is 50.9 Å². The maximum Gasteiger partial charge on any atom is 0.224 e. The third-order valence-corrected chi connectivity index (χ3v) is 7.96. The molecular weight excluding hydrogens is 401 g/mol. The highest BCUT2D eigenvalue weighted by Gasteiger charge is 2.23. The van der Waals surface area contributed by atoms with Crippen LogP contribution in [0.1, 0.15) is 13.3 Å². The van der Waals surface area contributed by atoms with Gasteiger partial charge in [0.25, 0.3) is 0 Å². The van der Waals surface area contributed by atoms with E-state index >= 15 is 0 Å². The van der Waals surface area contributed by atoms with Crippen LogP contribution in [0.2, 0.25) is 0 Å².